The summed E-state index contributed by atoms with van der Waals surface area (Å²) in [6, 6.07) is 11.8. The first-order valence-electron chi connectivity index (χ1n) is 9.92. The van der Waals surface area contributed by atoms with Crippen LogP contribution >= 0.6 is 11.6 Å². The zero-order chi connectivity index (χ0) is 22.4. The predicted molar refractivity (Wildman–Crippen MR) is 112 cm³/mol. The molecule has 1 saturated heterocycles. The van der Waals surface area contributed by atoms with Crippen LogP contribution in [0.15, 0.2) is 48.5 Å². The summed E-state index contributed by atoms with van der Waals surface area (Å²) in [4.78, 5) is 28.2. The van der Waals surface area contributed by atoms with E-state index in [1.807, 2.05) is 4.90 Å². The second-order valence-electron chi connectivity index (χ2n) is 7.37. The van der Waals surface area contributed by atoms with E-state index in [2.05, 4.69) is 5.32 Å². The first-order chi connectivity index (χ1) is 14.7. The molecule has 0 saturated carbocycles. The lowest BCUT2D eigenvalue weighted by Gasteiger charge is -2.35. The minimum atomic E-state index is -4.36. The highest BCUT2D eigenvalue weighted by molar-refractivity contribution is 6.30. The quantitative estimate of drug-likeness (QED) is 0.723. The Morgan fingerprint density at radius 3 is 2.32 bits per heavy atom. The number of carbonyl (C=O) groups excluding carboxylic acids is 2. The molecule has 0 unspecified atom stereocenters. The molecule has 1 N–H and O–H groups in total. The zero-order valence-electron chi connectivity index (χ0n) is 16.8. The van der Waals surface area contributed by atoms with Gasteiger partial charge in [-0.05, 0) is 35.9 Å². The van der Waals surface area contributed by atoms with E-state index in [1.54, 1.807) is 35.2 Å². The van der Waals surface area contributed by atoms with Crippen LogP contribution in [0.5, 0.6) is 0 Å². The van der Waals surface area contributed by atoms with Crippen molar-refractivity contribution in [2.45, 2.75) is 19.1 Å². The van der Waals surface area contributed by atoms with E-state index in [0.717, 1.165) is 6.07 Å². The lowest BCUT2D eigenvalue weighted by Crippen LogP contribution is -2.48. The van der Waals surface area contributed by atoms with Crippen LogP contribution in [-0.4, -0.2) is 54.3 Å². The molecule has 2 aromatic carbocycles. The monoisotopic (exact) mass is 453 g/mol. The fraction of sp³-hybridized carbons (Fsp3) is 0.364. The van der Waals surface area contributed by atoms with Gasteiger partial charge in [0.2, 0.25) is 5.91 Å². The number of amides is 2. The molecule has 3 rings (SSSR count). The third kappa shape index (κ3) is 6.70. The van der Waals surface area contributed by atoms with Crippen LogP contribution in [0, 0.1) is 0 Å². The molecule has 1 heterocycles. The van der Waals surface area contributed by atoms with Gasteiger partial charge >= 0.3 is 6.18 Å². The first-order valence-corrected chi connectivity index (χ1v) is 10.3. The molecule has 5 nitrogen and oxygen atoms in total. The van der Waals surface area contributed by atoms with Gasteiger partial charge in [-0.15, -0.1) is 0 Å². The van der Waals surface area contributed by atoms with Crippen LogP contribution in [0.25, 0.3) is 0 Å². The Kier molecular flexibility index (Phi) is 7.56. The molecule has 0 spiro atoms. The Bertz CT molecular complexity index is 911. The number of carbonyl (C=O) groups is 2. The van der Waals surface area contributed by atoms with E-state index in [9.17, 15) is 22.8 Å². The molecule has 1 fully saturated rings. The molecule has 0 radical (unpaired) electrons. The van der Waals surface area contributed by atoms with E-state index >= 15 is 0 Å². The highest BCUT2D eigenvalue weighted by atomic mass is 35.5. The molecule has 0 aromatic heterocycles. The number of hydrogen-bond donors (Lipinski definition) is 1. The average Bonchev–Trinajstić information content (AvgIpc) is 2.74. The van der Waals surface area contributed by atoms with Gasteiger partial charge in [0.05, 0.1) is 5.56 Å². The van der Waals surface area contributed by atoms with Gasteiger partial charge in [0.1, 0.15) is 0 Å². The molecule has 31 heavy (non-hydrogen) atoms. The fourth-order valence-electron chi connectivity index (χ4n) is 3.40. The van der Waals surface area contributed by atoms with E-state index < -0.39 is 11.7 Å². The van der Waals surface area contributed by atoms with E-state index in [1.165, 1.54) is 12.1 Å². The van der Waals surface area contributed by atoms with Gasteiger partial charge in [0.25, 0.3) is 5.91 Å². The Labute approximate surface area is 183 Å². The van der Waals surface area contributed by atoms with E-state index in [4.69, 9.17) is 11.6 Å². The lowest BCUT2D eigenvalue weighted by atomic mass is 10.1. The number of hydrogen-bond acceptors (Lipinski definition) is 3. The molecular formula is C22H23ClF3N3O2. The maximum Gasteiger partial charge on any atom is 0.416 e. The normalized spacial score (nSPS) is 15.0. The number of halogens is 4. The van der Waals surface area contributed by atoms with Gasteiger partial charge in [-0.3, -0.25) is 14.5 Å². The van der Waals surface area contributed by atoms with Crippen LogP contribution < -0.4 is 5.32 Å². The second kappa shape index (κ2) is 10.2. The maximum atomic E-state index is 12.9. The SMILES string of the molecule is O=C(NCCC(=O)N1CCN(Cc2cccc(C(F)(F)F)c2)CC1)c1ccc(Cl)cc1. The van der Waals surface area contributed by atoms with Crippen molar-refractivity contribution in [3.05, 3.63) is 70.2 Å². The summed E-state index contributed by atoms with van der Waals surface area (Å²) in [6.45, 7) is 2.80. The van der Waals surface area contributed by atoms with Crippen LogP contribution in [-0.2, 0) is 17.5 Å². The summed E-state index contributed by atoms with van der Waals surface area (Å²) in [6.07, 6.45) is -4.17. The summed E-state index contributed by atoms with van der Waals surface area (Å²) >= 11 is 5.80. The second-order valence-corrected chi connectivity index (χ2v) is 7.80. The van der Waals surface area contributed by atoms with Crippen molar-refractivity contribution in [2.75, 3.05) is 32.7 Å². The summed E-state index contributed by atoms with van der Waals surface area (Å²) in [7, 11) is 0. The van der Waals surface area contributed by atoms with Crippen LogP contribution in [0.2, 0.25) is 5.02 Å². The van der Waals surface area contributed by atoms with Crippen molar-refractivity contribution >= 4 is 23.4 Å². The number of alkyl halides is 3. The van der Waals surface area contributed by atoms with Gasteiger partial charge < -0.3 is 10.2 Å². The first kappa shape index (κ1) is 23.1. The van der Waals surface area contributed by atoms with Gasteiger partial charge in [-0.1, -0.05) is 29.8 Å². The largest absolute Gasteiger partial charge is 0.416 e. The summed E-state index contributed by atoms with van der Waals surface area (Å²) in [5.41, 5.74) is 0.416. The lowest BCUT2D eigenvalue weighted by molar-refractivity contribution is -0.137. The Morgan fingerprint density at radius 2 is 1.68 bits per heavy atom. The van der Waals surface area contributed by atoms with Crippen molar-refractivity contribution in [1.82, 2.24) is 15.1 Å². The highest BCUT2D eigenvalue weighted by Gasteiger charge is 2.30. The van der Waals surface area contributed by atoms with Crippen molar-refractivity contribution < 1.29 is 22.8 Å². The third-order valence-corrected chi connectivity index (χ3v) is 5.37. The van der Waals surface area contributed by atoms with Crippen LogP contribution in [0.1, 0.15) is 27.9 Å². The highest BCUT2D eigenvalue weighted by Crippen LogP contribution is 2.29. The number of rotatable bonds is 6. The van der Waals surface area contributed by atoms with Gasteiger partial charge in [0, 0.05) is 56.3 Å². The van der Waals surface area contributed by atoms with E-state index in [0.29, 0.717) is 48.9 Å². The Morgan fingerprint density at radius 1 is 1.00 bits per heavy atom. The minimum Gasteiger partial charge on any atom is -0.352 e. The topological polar surface area (TPSA) is 52.7 Å². The van der Waals surface area contributed by atoms with Crippen molar-refractivity contribution in [2.24, 2.45) is 0 Å². The molecule has 0 aliphatic carbocycles. The molecule has 1 aliphatic heterocycles. The molecule has 1 aliphatic rings. The summed E-state index contributed by atoms with van der Waals surface area (Å²) in [5.74, 6) is -0.328. The molecule has 9 heteroatoms. The van der Waals surface area contributed by atoms with Crippen molar-refractivity contribution in [1.29, 1.82) is 0 Å². The van der Waals surface area contributed by atoms with Gasteiger partial charge in [-0.25, -0.2) is 0 Å². The maximum absolute atomic E-state index is 12.9. The summed E-state index contributed by atoms with van der Waals surface area (Å²) in [5, 5.41) is 3.26. The van der Waals surface area contributed by atoms with E-state index in [-0.39, 0.29) is 24.8 Å². The molecule has 2 aromatic rings. The number of benzene rings is 2. The molecular weight excluding hydrogens is 431 g/mol. The number of nitrogens with one attached hydrogen (secondary N) is 1. The molecule has 0 bridgehead atoms. The summed E-state index contributed by atoms with van der Waals surface area (Å²) < 4.78 is 38.6. The smallest absolute Gasteiger partial charge is 0.352 e. The predicted octanol–water partition coefficient (Wildman–Crippen LogP) is 3.82. The average molecular weight is 454 g/mol. The van der Waals surface area contributed by atoms with Gasteiger partial charge in [-0.2, -0.15) is 13.2 Å². The third-order valence-electron chi connectivity index (χ3n) is 5.12. The van der Waals surface area contributed by atoms with Crippen LogP contribution in [0.4, 0.5) is 13.2 Å². The molecule has 0 atom stereocenters. The minimum absolute atomic E-state index is 0.0601. The molecule has 2 amide bonds. The number of piperazine rings is 1. The fourth-order valence-corrected chi connectivity index (χ4v) is 3.53. The Hall–Kier alpha value is -2.58. The van der Waals surface area contributed by atoms with Crippen molar-refractivity contribution in [3.63, 3.8) is 0 Å². The molecule has 166 valence electrons. The zero-order valence-corrected chi connectivity index (χ0v) is 17.5. The standard InChI is InChI=1S/C22H23ClF3N3O2/c23-19-6-4-17(5-7-19)21(31)27-9-8-20(30)29-12-10-28(11-13-29)15-16-2-1-3-18(14-16)22(24,25)26/h1-7,14H,8-13,15H2,(H,27,31). The number of nitrogens with zero attached hydrogens (tertiary/aromatic N) is 2. The Balaban J connectivity index is 1.40. The van der Waals surface area contributed by atoms with Crippen molar-refractivity contribution in [3.8, 4) is 0 Å². The van der Waals surface area contributed by atoms with Crippen LogP contribution in [0.3, 0.4) is 0 Å². The van der Waals surface area contributed by atoms with Gasteiger partial charge in [0.15, 0.2) is 0 Å².